The molecule has 0 unspecified atom stereocenters. The summed E-state index contributed by atoms with van der Waals surface area (Å²) in [7, 11) is -2.56. The largest absolute Gasteiger partial charge is 0.234 e. The van der Waals surface area contributed by atoms with Crippen molar-refractivity contribution in [1.82, 2.24) is 0 Å². The van der Waals surface area contributed by atoms with Crippen molar-refractivity contribution in [3.05, 3.63) is 80.9 Å². The lowest BCUT2D eigenvalue weighted by atomic mass is 9.95. The normalized spacial score (nSPS) is 11.5. The molecule has 0 N–H and O–H groups in total. The second-order valence-corrected chi connectivity index (χ2v) is 11.1. The second kappa shape index (κ2) is 7.74. The number of rotatable bonds is 4. The average molecular weight is 494 g/mol. The van der Waals surface area contributed by atoms with Crippen molar-refractivity contribution in [2.45, 2.75) is 30.6 Å². The van der Waals surface area contributed by atoms with Crippen molar-refractivity contribution in [1.29, 1.82) is 0 Å². The first-order chi connectivity index (χ1) is 12.3. The highest BCUT2D eigenvalue weighted by Gasteiger charge is 2.22. The predicted octanol–water partition coefficient (Wildman–Crippen LogP) is 6.36. The number of aryl methyl sites for hydroxylation is 3. The van der Waals surface area contributed by atoms with E-state index in [1.807, 2.05) is 31.2 Å². The maximum absolute atomic E-state index is 12.9. The van der Waals surface area contributed by atoms with Crippen LogP contribution in [-0.4, -0.2) is 8.42 Å². The van der Waals surface area contributed by atoms with Gasteiger partial charge in [-0.05, 0) is 83.8 Å². The maximum Gasteiger partial charge on any atom is 0.234 e. The summed E-state index contributed by atoms with van der Waals surface area (Å²) in [6.45, 7) is 6.19. The number of benzene rings is 3. The molecule has 2 nitrogen and oxygen atoms in total. The van der Waals surface area contributed by atoms with E-state index in [9.17, 15) is 8.42 Å². The zero-order valence-electron chi connectivity index (χ0n) is 14.8. The summed E-state index contributed by atoms with van der Waals surface area (Å²) in [5.41, 5.74) is 5.53. The van der Waals surface area contributed by atoms with Crippen LogP contribution in [0.5, 0.6) is 0 Å². The molecule has 0 saturated carbocycles. The van der Waals surface area contributed by atoms with Crippen molar-refractivity contribution in [3.8, 4) is 11.1 Å². The van der Waals surface area contributed by atoms with Gasteiger partial charge in [-0.15, -0.1) is 0 Å². The van der Waals surface area contributed by atoms with Gasteiger partial charge in [0, 0.05) is 24.8 Å². The van der Waals surface area contributed by atoms with E-state index in [0.29, 0.717) is 4.90 Å². The van der Waals surface area contributed by atoms with Crippen LogP contribution in [0.2, 0.25) is 0 Å². The van der Waals surface area contributed by atoms with Crippen LogP contribution >= 0.6 is 33.4 Å². The summed E-state index contributed by atoms with van der Waals surface area (Å²) in [4.78, 5) is 1.09. The third-order valence-corrected chi connectivity index (χ3v) is 9.01. The Balaban J connectivity index is 2.18. The fourth-order valence-corrected chi connectivity index (χ4v) is 6.79. The van der Waals surface area contributed by atoms with Gasteiger partial charge in [0.25, 0.3) is 0 Å². The van der Waals surface area contributed by atoms with Crippen molar-refractivity contribution in [3.63, 3.8) is 0 Å². The molecule has 0 aliphatic carbocycles. The zero-order valence-corrected chi connectivity index (χ0v) is 18.6. The van der Waals surface area contributed by atoms with E-state index in [-0.39, 0.29) is 0 Å². The molecule has 0 amide bonds. The van der Waals surface area contributed by atoms with Crippen LogP contribution in [0, 0.1) is 24.3 Å². The van der Waals surface area contributed by atoms with E-state index in [4.69, 9.17) is 0 Å². The number of hydrogen-bond donors (Lipinski definition) is 0. The van der Waals surface area contributed by atoms with Gasteiger partial charge in [0.15, 0.2) is 0 Å². The molecule has 3 aromatic carbocycles. The fourth-order valence-electron chi connectivity index (χ4n) is 2.87. The third-order valence-electron chi connectivity index (χ3n) is 4.26. The second-order valence-electron chi connectivity index (χ2n) is 6.19. The van der Waals surface area contributed by atoms with Crippen molar-refractivity contribution in [2.75, 3.05) is 0 Å². The van der Waals surface area contributed by atoms with Gasteiger partial charge in [0.1, 0.15) is 0 Å². The van der Waals surface area contributed by atoms with Gasteiger partial charge >= 0.3 is 0 Å². The van der Waals surface area contributed by atoms with Crippen LogP contribution in [0.3, 0.4) is 0 Å². The molecular weight excluding hydrogens is 475 g/mol. The molecule has 134 valence electrons. The lowest BCUT2D eigenvalue weighted by molar-refractivity contribution is 0.610. The van der Waals surface area contributed by atoms with Crippen molar-refractivity contribution >= 4 is 42.3 Å². The molecule has 0 radical (unpaired) electrons. The maximum atomic E-state index is 12.9. The SMILES string of the molecule is Cc1ccc(C)c(-c2c(C)cccc2SS(=O)(=O)c2ccccc2)c1I. The first kappa shape index (κ1) is 19.5. The van der Waals surface area contributed by atoms with Gasteiger partial charge in [-0.1, -0.05) is 42.5 Å². The highest BCUT2D eigenvalue weighted by molar-refractivity contribution is 14.1. The number of halogens is 1. The molecule has 0 bridgehead atoms. The van der Waals surface area contributed by atoms with E-state index in [1.54, 1.807) is 24.3 Å². The molecule has 5 heteroatoms. The molecule has 26 heavy (non-hydrogen) atoms. The quantitative estimate of drug-likeness (QED) is 0.313. The van der Waals surface area contributed by atoms with Crippen LogP contribution in [0.15, 0.2) is 70.5 Å². The van der Waals surface area contributed by atoms with Gasteiger partial charge in [-0.3, -0.25) is 0 Å². The summed E-state index contributed by atoms with van der Waals surface area (Å²) < 4.78 is 27.0. The summed E-state index contributed by atoms with van der Waals surface area (Å²) >= 11 is 2.36. The molecule has 0 atom stereocenters. The molecule has 0 saturated heterocycles. The average Bonchev–Trinajstić information content (AvgIpc) is 2.61. The minimum absolute atomic E-state index is 0.327. The standard InChI is InChI=1S/C21H19IO2S2/c1-14-8-7-11-18(25-26(23,24)17-9-5-4-6-10-17)19(14)20-15(2)12-13-16(3)21(20)22/h4-13H,1-3H3. The van der Waals surface area contributed by atoms with Gasteiger partial charge < -0.3 is 0 Å². The van der Waals surface area contributed by atoms with Gasteiger partial charge in [0.2, 0.25) is 8.87 Å². The van der Waals surface area contributed by atoms with Crippen molar-refractivity contribution < 1.29 is 8.42 Å². The van der Waals surface area contributed by atoms with E-state index < -0.39 is 8.87 Å². The van der Waals surface area contributed by atoms with E-state index in [0.717, 1.165) is 41.5 Å². The summed E-state index contributed by atoms with van der Waals surface area (Å²) in [5, 5.41) is 0. The first-order valence-electron chi connectivity index (χ1n) is 8.16. The molecule has 0 heterocycles. The summed E-state index contributed by atoms with van der Waals surface area (Å²) in [5.74, 6) is 0. The zero-order chi connectivity index (χ0) is 18.9. The Hall–Kier alpha value is -1.31. The van der Waals surface area contributed by atoms with Gasteiger partial charge in [-0.25, -0.2) is 8.42 Å². The molecule has 0 aliphatic heterocycles. The van der Waals surface area contributed by atoms with Crippen LogP contribution < -0.4 is 0 Å². The van der Waals surface area contributed by atoms with Crippen LogP contribution in [0.1, 0.15) is 16.7 Å². The van der Waals surface area contributed by atoms with Crippen molar-refractivity contribution in [2.24, 2.45) is 0 Å². The molecule has 3 rings (SSSR count). The Morgan fingerprint density at radius 3 is 2.04 bits per heavy atom. The minimum Gasteiger partial charge on any atom is -0.212 e. The summed E-state index contributed by atoms with van der Waals surface area (Å²) in [6.07, 6.45) is 0. The third kappa shape index (κ3) is 3.85. The fraction of sp³-hybridized carbons (Fsp3) is 0.143. The Morgan fingerprint density at radius 2 is 1.35 bits per heavy atom. The Bertz CT molecular complexity index is 1060. The summed E-state index contributed by atoms with van der Waals surface area (Å²) in [6, 6.07) is 18.6. The minimum atomic E-state index is -3.48. The smallest absolute Gasteiger partial charge is 0.212 e. The number of hydrogen-bond acceptors (Lipinski definition) is 3. The lowest BCUT2D eigenvalue weighted by Crippen LogP contribution is -1.99. The Labute approximate surface area is 172 Å². The molecule has 0 aliphatic rings. The highest BCUT2D eigenvalue weighted by atomic mass is 127. The molecule has 0 spiro atoms. The lowest BCUT2D eigenvalue weighted by Gasteiger charge is -2.17. The highest BCUT2D eigenvalue weighted by Crippen LogP contribution is 2.42. The van der Waals surface area contributed by atoms with E-state index >= 15 is 0 Å². The van der Waals surface area contributed by atoms with E-state index in [2.05, 4.69) is 48.6 Å². The van der Waals surface area contributed by atoms with Gasteiger partial charge in [0.05, 0.1) is 4.90 Å². The van der Waals surface area contributed by atoms with E-state index in [1.165, 1.54) is 5.56 Å². The Morgan fingerprint density at radius 1 is 0.731 bits per heavy atom. The van der Waals surface area contributed by atoms with Crippen LogP contribution in [0.25, 0.3) is 11.1 Å². The molecule has 0 fully saturated rings. The molecular formula is C21H19IO2S2. The predicted molar refractivity (Wildman–Crippen MR) is 118 cm³/mol. The topological polar surface area (TPSA) is 34.1 Å². The van der Waals surface area contributed by atoms with Crippen LogP contribution in [0.4, 0.5) is 0 Å². The monoisotopic (exact) mass is 494 g/mol. The molecule has 3 aromatic rings. The van der Waals surface area contributed by atoms with Gasteiger partial charge in [-0.2, -0.15) is 0 Å². The van der Waals surface area contributed by atoms with Crippen LogP contribution in [-0.2, 0) is 8.87 Å². The molecule has 0 aromatic heterocycles. The first-order valence-corrected chi connectivity index (χ1v) is 12.1. The Kier molecular flexibility index (Phi) is 5.79.